The summed E-state index contributed by atoms with van der Waals surface area (Å²) in [5, 5.41) is 18.4. The molecule has 2 aliphatic heterocycles. The fourth-order valence-corrected chi connectivity index (χ4v) is 8.47. The predicted octanol–water partition coefficient (Wildman–Crippen LogP) is 6.53. The van der Waals surface area contributed by atoms with Crippen molar-refractivity contribution in [2.75, 3.05) is 32.7 Å². The SMILES string of the molecule is O=C(O)C(C1CCCCC1)N1CC(CN2CCC(c3cc(C4CCCCC4)n[nH]3)CC2)C(c2cccc(F)c2)C1. The van der Waals surface area contributed by atoms with Crippen LogP contribution in [0.25, 0.3) is 0 Å². The first kappa shape index (κ1) is 27.9. The molecule has 0 bridgehead atoms. The molecule has 0 amide bonds. The summed E-state index contributed by atoms with van der Waals surface area (Å²) in [6.45, 7) is 4.51. The minimum absolute atomic E-state index is 0.157. The van der Waals surface area contributed by atoms with E-state index in [1.807, 2.05) is 6.07 Å². The number of rotatable bonds is 8. The Morgan fingerprint density at radius 1 is 0.950 bits per heavy atom. The quantitative estimate of drug-likeness (QED) is 0.391. The number of likely N-dealkylation sites (tertiary alicyclic amines) is 2. The van der Waals surface area contributed by atoms with Gasteiger partial charge in [0.15, 0.2) is 0 Å². The second kappa shape index (κ2) is 12.7. The molecule has 7 heteroatoms. The Morgan fingerprint density at radius 3 is 2.38 bits per heavy atom. The Kier molecular flexibility index (Phi) is 8.88. The van der Waals surface area contributed by atoms with Gasteiger partial charge in [0.25, 0.3) is 0 Å². The third-order valence-corrected chi connectivity index (χ3v) is 10.6. The fraction of sp³-hybridized carbons (Fsp3) is 0.697. The van der Waals surface area contributed by atoms with E-state index in [2.05, 4.69) is 21.0 Å². The number of carboxylic acids is 1. The second-order valence-corrected chi connectivity index (χ2v) is 13.2. The van der Waals surface area contributed by atoms with Gasteiger partial charge in [-0.3, -0.25) is 14.8 Å². The summed E-state index contributed by atoms with van der Waals surface area (Å²) >= 11 is 0. The summed E-state index contributed by atoms with van der Waals surface area (Å²) in [6, 6.07) is 8.94. The largest absolute Gasteiger partial charge is 0.480 e. The van der Waals surface area contributed by atoms with Gasteiger partial charge in [-0.1, -0.05) is 50.7 Å². The zero-order valence-electron chi connectivity index (χ0n) is 23.9. The van der Waals surface area contributed by atoms with Gasteiger partial charge in [-0.2, -0.15) is 5.10 Å². The third kappa shape index (κ3) is 6.30. The molecule has 4 aliphatic rings. The number of carbonyl (C=O) groups is 1. The van der Waals surface area contributed by atoms with Crippen LogP contribution >= 0.6 is 0 Å². The average Bonchev–Trinajstić information content (AvgIpc) is 3.63. The minimum atomic E-state index is -0.682. The highest BCUT2D eigenvalue weighted by Gasteiger charge is 2.43. The topological polar surface area (TPSA) is 72.5 Å². The lowest BCUT2D eigenvalue weighted by atomic mass is 9.83. The van der Waals surface area contributed by atoms with Crippen molar-refractivity contribution in [1.29, 1.82) is 0 Å². The number of aromatic nitrogens is 2. The molecule has 1 aromatic heterocycles. The van der Waals surface area contributed by atoms with Crippen LogP contribution in [-0.2, 0) is 4.79 Å². The van der Waals surface area contributed by atoms with E-state index >= 15 is 0 Å². The Morgan fingerprint density at radius 2 is 1.68 bits per heavy atom. The smallest absolute Gasteiger partial charge is 0.321 e. The first-order valence-electron chi connectivity index (χ1n) is 16.0. The number of benzene rings is 1. The van der Waals surface area contributed by atoms with E-state index in [1.165, 1.54) is 56.0 Å². The molecule has 40 heavy (non-hydrogen) atoms. The lowest BCUT2D eigenvalue weighted by Crippen LogP contribution is -2.46. The molecule has 1 aromatic carbocycles. The van der Waals surface area contributed by atoms with E-state index < -0.39 is 12.0 Å². The van der Waals surface area contributed by atoms with E-state index in [1.54, 1.807) is 12.1 Å². The maximum atomic E-state index is 14.3. The molecular weight excluding hydrogens is 503 g/mol. The van der Waals surface area contributed by atoms with Gasteiger partial charge in [-0.25, -0.2) is 4.39 Å². The molecule has 6 rings (SSSR count). The van der Waals surface area contributed by atoms with E-state index in [0.29, 0.717) is 24.3 Å². The van der Waals surface area contributed by atoms with Gasteiger partial charge in [0.05, 0.1) is 5.69 Å². The van der Waals surface area contributed by atoms with Gasteiger partial charge in [0, 0.05) is 43.1 Å². The second-order valence-electron chi connectivity index (χ2n) is 13.2. The van der Waals surface area contributed by atoms with Gasteiger partial charge in [0.1, 0.15) is 11.9 Å². The molecule has 3 atom stereocenters. The van der Waals surface area contributed by atoms with Crippen molar-refractivity contribution in [2.24, 2.45) is 11.8 Å². The highest BCUT2D eigenvalue weighted by atomic mass is 19.1. The van der Waals surface area contributed by atoms with Crippen LogP contribution in [0.15, 0.2) is 30.3 Å². The minimum Gasteiger partial charge on any atom is -0.480 e. The zero-order chi connectivity index (χ0) is 27.5. The molecule has 4 fully saturated rings. The Hall–Kier alpha value is -2.25. The fourth-order valence-electron chi connectivity index (χ4n) is 8.47. The summed E-state index contributed by atoms with van der Waals surface area (Å²) in [5.74, 6) is 0.957. The number of hydrogen-bond acceptors (Lipinski definition) is 4. The maximum absolute atomic E-state index is 14.3. The molecule has 6 nitrogen and oxygen atoms in total. The summed E-state index contributed by atoms with van der Waals surface area (Å²) < 4.78 is 14.3. The number of halogens is 1. The first-order valence-corrected chi connectivity index (χ1v) is 16.0. The number of aromatic amines is 1. The third-order valence-electron chi connectivity index (χ3n) is 10.6. The van der Waals surface area contributed by atoms with E-state index in [9.17, 15) is 14.3 Å². The lowest BCUT2D eigenvalue weighted by molar-refractivity contribution is -0.145. The van der Waals surface area contributed by atoms with Crippen LogP contribution in [0.4, 0.5) is 4.39 Å². The molecule has 2 aromatic rings. The van der Waals surface area contributed by atoms with Crippen LogP contribution in [-0.4, -0.2) is 69.8 Å². The number of aliphatic carboxylic acids is 1. The monoisotopic (exact) mass is 550 g/mol. The summed E-state index contributed by atoms with van der Waals surface area (Å²) in [7, 11) is 0. The molecular formula is C33H47FN4O2. The predicted molar refractivity (Wildman–Crippen MR) is 155 cm³/mol. The van der Waals surface area contributed by atoms with Gasteiger partial charge < -0.3 is 10.0 Å². The van der Waals surface area contributed by atoms with Crippen LogP contribution in [0.5, 0.6) is 0 Å². The highest BCUT2D eigenvalue weighted by Crippen LogP contribution is 2.40. The lowest BCUT2D eigenvalue weighted by Gasteiger charge is -2.35. The number of hydrogen-bond donors (Lipinski definition) is 2. The van der Waals surface area contributed by atoms with Crippen molar-refractivity contribution in [3.05, 3.63) is 53.1 Å². The average molecular weight is 551 g/mol. The molecule has 3 heterocycles. The molecule has 2 N–H and O–H groups in total. The maximum Gasteiger partial charge on any atom is 0.321 e. The van der Waals surface area contributed by atoms with Crippen LogP contribution < -0.4 is 0 Å². The molecule has 2 saturated carbocycles. The highest BCUT2D eigenvalue weighted by molar-refractivity contribution is 5.74. The van der Waals surface area contributed by atoms with Gasteiger partial charge >= 0.3 is 5.97 Å². The van der Waals surface area contributed by atoms with Crippen molar-refractivity contribution in [3.63, 3.8) is 0 Å². The zero-order valence-corrected chi connectivity index (χ0v) is 23.9. The Bertz CT molecular complexity index is 1120. The number of nitrogens with zero attached hydrogens (tertiary/aromatic N) is 3. The standard InChI is InChI=1S/C33H47FN4O2/c34-28-13-7-12-26(18-28)29-22-38(32(33(39)40)25-10-5-2-6-11-25)21-27(29)20-37-16-14-24(15-17-37)31-19-30(35-36-31)23-8-3-1-4-9-23/h7,12-13,18-19,23-25,27,29,32H,1-6,8-11,14-17,20-22H2,(H,35,36)(H,39,40). The van der Waals surface area contributed by atoms with Gasteiger partial charge in [0.2, 0.25) is 0 Å². The normalized spacial score (nSPS) is 27.2. The van der Waals surface area contributed by atoms with Crippen LogP contribution in [0.2, 0.25) is 0 Å². The number of piperidine rings is 1. The van der Waals surface area contributed by atoms with Crippen LogP contribution in [0.3, 0.4) is 0 Å². The molecule has 3 unspecified atom stereocenters. The van der Waals surface area contributed by atoms with E-state index in [-0.39, 0.29) is 17.7 Å². The van der Waals surface area contributed by atoms with Crippen molar-refractivity contribution in [3.8, 4) is 0 Å². The van der Waals surface area contributed by atoms with Crippen molar-refractivity contribution < 1.29 is 14.3 Å². The van der Waals surface area contributed by atoms with Crippen LogP contribution in [0, 0.1) is 17.7 Å². The van der Waals surface area contributed by atoms with Gasteiger partial charge in [-0.05, 0) is 87.2 Å². The summed E-state index contributed by atoms with van der Waals surface area (Å²) in [6.07, 6.45) is 14.3. The number of nitrogens with one attached hydrogen (secondary N) is 1. The van der Waals surface area contributed by atoms with Crippen molar-refractivity contribution in [2.45, 2.75) is 101 Å². The Balaban J connectivity index is 1.11. The molecule has 2 saturated heterocycles. The first-order chi connectivity index (χ1) is 19.5. The Labute approximate surface area is 238 Å². The molecule has 2 aliphatic carbocycles. The van der Waals surface area contributed by atoms with Crippen LogP contribution in [0.1, 0.15) is 112 Å². The number of carboxylic acid groups (broad SMARTS) is 1. The number of H-pyrrole nitrogens is 1. The molecule has 218 valence electrons. The van der Waals surface area contributed by atoms with Crippen molar-refractivity contribution in [1.82, 2.24) is 20.0 Å². The van der Waals surface area contributed by atoms with Crippen molar-refractivity contribution >= 4 is 5.97 Å². The van der Waals surface area contributed by atoms with Gasteiger partial charge in [-0.15, -0.1) is 0 Å². The summed E-state index contributed by atoms with van der Waals surface area (Å²) in [4.78, 5) is 17.3. The van der Waals surface area contributed by atoms with E-state index in [4.69, 9.17) is 5.10 Å². The van der Waals surface area contributed by atoms with E-state index in [0.717, 1.165) is 70.3 Å². The summed E-state index contributed by atoms with van der Waals surface area (Å²) in [5.41, 5.74) is 3.59. The molecule has 0 spiro atoms. The molecule has 0 radical (unpaired) electrons.